The van der Waals surface area contributed by atoms with Gasteiger partial charge in [0, 0.05) is 17.8 Å². The molecule has 0 amide bonds. The molecule has 0 N–H and O–H groups in total. The molecule has 27 heavy (non-hydrogen) atoms. The van der Waals surface area contributed by atoms with Gasteiger partial charge in [-0.2, -0.15) is 8.75 Å². The normalized spacial score (nSPS) is 29.0. The second-order valence-corrected chi connectivity index (χ2v) is 9.63. The van der Waals surface area contributed by atoms with Crippen LogP contribution in [0.1, 0.15) is 48.5 Å². The number of nitrogens with zero attached hydrogens (tertiary/aromatic N) is 2. The van der Waals surface area contributed by atoms with Crippen LogP contribution in [0.15, 0.2) is 12.1 Å². The number of benzene rings is 1. The summed E-state index contributed by atoms with van der Waals surface area (Å²) in [4.78, 5) is 0. The molecule has 2 fully saturated rings. The first-order chi connectivity index (χ1) is 12.3. The van der Waals surface area contributed by atoms with Crippen LogP contribution in [-0.4, -0.2) is 45.4 Å². The predicted octanol–water partition coefficient (Wildman–Crippen LogP) is 2.10. The largest absolute Gasteiger partial charge is 0.500 e. The average molecular weight is 387 g/mol. The molecule has 4 rings (SSSR count). The Hall–Kier alpha value is -1.12. The molecule has 0 bridgehead atoms. The zero-order chi connectivity index (χ0) is 19.8. The number of hydrogen-bond donors (Lipinski definition) is 0. The first kappa shape index (κ1) is 19.2. The van der Waals surface area contributed by atoms with Crippen LogP contribution in [0.4, 0.5) is 0 Å². The van der Waals surface area contributed by atoms with Gasteiger partial charge in [-0.15, -0.1) is 0 Å². The van der Waals surface area contributed by atoms with Crippen molar-refractivity contribution < 1.29 is 18.6 Å². The van der Waals surface area contributed by atoms with Crippen LogP contribution >= 0.6 is 11.7 Å². The van der Waals surface area contributed by atoms with Gasteiger partial charge in [0.25, 0.3) is 0 Å². The first-order valence-electron chi connectivity index (χ1n) is 9.16. The highest BCUT2D eigenvalue weighted by Crippen LogP contribution is 2.38. The fraction of sp³-hybridized carbons (Fsp3) is 0.611. The Balaban J connectivity index is 1.73. The van der Waals surface area contributed by atoms with Crippen molar-refractivity contribution >= 4 is 47.9 Å². The Morgan fingerprint density at radius 1 is 0.741 bits per heavy atom. The Kier molecular flexibility index (Phi) is 4.06. The lowest BCUT2D eigenvalue weighted by Crippen LogP contribution is -2.42. The molecular weight excluding hydrogens is 362 g/mol. The first-order valence-corrected chi connectivity index (χ1v) is 9.89. The van der Waals surface area contributed by atoms with Gasteiger partial charge in [0.05, 0.1) is 29.9 Å². The fourth-order valence-electron chi connectivity index (χ4n) is 3.18. The molecule has 1 unspecified atom stereocenters. The molecule has 0 aliphatic carbocycles. The van der Waals surface area contributed by atoms with Crippen LogP contribution in [0.3, 0.4) is 0 Å². The maximum absolute atomic E-state index is 6.20. The van der Waals surface area contributed by atoms with Crippen LogP contribution in [-0.2, 0) is 18.6 Å². The van der Waals surface area contributed by atoms with Crippen LogP contribution in [0.5, 0.6) is 0 Å². The van der Waals surface area contributed by atoms with Gasteiger partial charge in [0.15, 0.2) is 0 Å². The molecule has 2 aliphatic rings. The summed E-state index contributed by atoms with van der Waals surface area (Å²) in [7, 11) is -1.03. The van der Waals surface area contributed by atoms with E-state index in [1.807, 2.05) is 60.6 Å². The smallest absolute Gasteiger partial charge is 0.399 e. The standard InChI is InChI=1S/C18H25B2N2O4S/c1-15(2)16(3,4)24-19(23-15)11-9-10-12(14-13(11)21-27-22-14)20-25-17(5,6)18(7,8)26-20/h9-10H,1H2,2-8H3/q+1. The highest BCUT2D eigenvalue weighted by Gasteiger charge is 2.58. The van der Waals surface area contributed by atoms with Crippen LogP contribution < -0.4 is 10.9 Å². The van der Waals surface area contributed by atoms with Crippen LogP contribution in [0.25, 0.3) is 11.0 Å². The van der Waals surface area contributed by atoms with E-state index in [1.54, 1.807) is 0 Å². The van der Waals surface area contributed by atoms with Gasteiger partial charge < -0.3 is 18.6 Å². The van der Waals surface area contributed by atoms with Crippen molar-refractivity contribution in [1.82, 2.24) is 8.75 Å². The molecule has 2 aromatic rings. The minimum Gasteiger partial charge on any atom is -0.399 e. The van der Waals surface area contributed by atoms with Crippen molar-refractivity contribution in [3.8, 4) is 0 Å². The van der Waals surface area contributed by atoms with Crippen molar-refractivity contribution in [1.29, 1.82) is 0 Å². The van der Waals surface area contributed by atoms with Crippen molar-refractivity contribution in [2.24, 2.45) is 0 Å². The van der Waals surface area contributed by atoms with Gasteiger partial charge in [-0.05, 0) is 41.5 Å². The average Bonchev–Trinajstić information content (AvgIpc) is 3.13. The monoisotopic (exact) mass is 387 g/mol. The summed E-state index contributed by atoms with van der Waals surface area (Å²) in [6.45, 7) is 18.2. The third kappa shape index (κ3) is 2.83. The molecule has 1 aromatic carbocycles. The summed E-state index contributed by atoms with van der Waals surface area (Å²) in [5, 5.41) is 0. The maximum Gasteiger partial charge on any atom is 0.500 e. The minimum atomic E-state index is -0.655. The van der Waals surface area contributed by atoms with E-state index in [1.165, 1.54) is 0 Å². The maximum atomic E-state index is 6.20. The molecule has 2 aliphatic heterocycles. The van der Waals surface area contributed by atoms with Crippen LogP contribution in [0, 0.1) is 6.92 Å². The van der Waals surface area contributed by atoms with Crippen LogP contribution in [0.2, 0.25) is 0 Å². The lowest BCUT2D eigenvalue weighted by atomic mass is 9.72. The Labute approximate surface area is 165 Å². The molecule has 9 heteroatoms. The summed E-state index contributed by atoms with van der Waals surface area (Å²) >= 11 is 1.16. The fourth-order valence-corrected chi connectivity index (χ4v) is 3.76. The summed E-state index contributed by atoms with van der Waals surface area (Å²) in [5.74, 6) is 0. The summed E-state index contributed by atoms with van der Waals surface area (Å²) in [6, 6.07) is 3.94. The third-order valence-corrected chi connectivity index (χ3v) is 6.81. The van der Waals surface area contributed by atoms with E-state index in [0.717, 1.165) is 33.7 Å². The molecule has 0 spiro atoms. The number of hydrogen-bond acceptors (Lipinski definition) is 7. The molecular formula is C18H25B2N2O4S+. The zero-order valence-corrected chi connectivity index (χ0v) is 17.8. The summed E-state index contributed by atoms with van der Waals surface area (Å²) < 4.78 is 33.7. The highest BCUT2D eigenvalue weighted by molar-refractivity contribution is 7.00. The molecule has 0 radical (unpaired) electrons. The van der Waals surface area contributed by atoms with Crippen molar-refractivity contribution in [2.75, 3.05) is 0 Å². The quantitative estimate of drug-likeness (QED) is 0.581. The summed E-state index contributed by atoms with van der Waals surface area (Å²) in [6.07, 6.45) is 0. The number of aromatic nitrogens is 2. The van der Waals surface area contributed by atoms with E-state index >= 15 is 0 Å². The number of rotatable bonds is 2. The van der Waals surface area contributed by atoms with E-state index in [2.05, 4.69) is 15.7 Å². The topological polar surface area (TPSA) is 62.7 Å². The van der Waals surface area contributed by atoms with Gasteiger partial charge in [0.1, 0.15) is 16.6 Å². The lowest BCUT2D eigenvalue weighted by molar-refractivity contribution is 0.00578. The predicted molar refractivity (Wildman–Crippen MR) is 109 cm³/mol. The van der Waals surface area contributed by atoms with E-state index in [0.29, 0.717) is 0 Å². The van der Waals surface area contributed by atoms with Gasteiger partial charge in [-0.1, -0.05) is 12.1 Å². The molecule has 1 aromatic heterocycles. The van der Waals surface area contributed by atoms with Crippen molar-refractivity contribution in [3.63, 3.8) is 0 Å². The van der Waals surface area contributed by atoms with E-state index in [-0.39, 0.29) is 0 Å². The second kappa shape index (κ2) is 5.70. The number of fused-ring (bicyclic) bond motifs is 1. The highest BCUT2D eigenvalue weighted by atomic mass is 32.1. The molecule has 2 saturated heterocycles. The Bertz CT molecular complexity index is 795. The minimum absolute atomic E-state index is 0.413. The van der Waals surface area contributed by atoms with Gasteiger partial charge in [-0.3, -0.25) is 0 Å². The van der Waals surface area contributed by atoms with Gasteiger partial charge in [0.2, 0.25) is 5.60 Å². The summed E-state index contributed by atoms with van der Waals surface area (Å²) in [5.41, 5.74) is 1.24. The third-order valence-electron chi connectivity index (χ3n) is 6.28. The Morgan fingerprint density at radius 2 is 1.15 bits per heavy atom. The second-order valence-electron chi connectivity index (χ2n) is 9.10. The van der Waals surface area contributed by atoms with Crippen molar-refractivity contribution in [2.45, 2.75) is 70.9 Å². The van der Waals surface area contributed by atoms with E-state index in [4.69, 9.17) is 18.6 Å². The molecule has 1 atom stereocenters. The molecule has 3 heterocycles. The van der Waals surface area contributed by atoms with Crippen molar-refractivity contribution in [3.05, 3.63) is 19.1 Å². The molecule has 142 valence electrons. The van der Waals surface area contributed by atoms with E-state index in [9.17, 15) is 0 Å². The van der Waals surface area contributed by atoms with E-state index < -0.39 is 36.6 Å². The van der Waals surface area contributed by atoms with Gasteiger partial charge >= 0.3 is 14.2 Å². The molecule has 0 saturated carbocycles. The lowest BCUT2D eigenvalue weighted by Gasteiger charge is -2.32. The Morgan fingerprint density at radius 3 is 1.56 bits per heavy atom. The SMILES string of the molecule is [CH2+]C1(C)OB(c2ccc(B3OC(C)(C)C(C)(C)O3)c3nsnc23)OC1(C)C. The van der Waals surface area contributed by atoms with Gasteiger partial charge in [-0.25, -0.2) is 0 Å². The zero-order valence-electron chi connectivity index (χ0n) is 17.0. The molecule has 6 nitrogen and oxygen atoms in total.